The molecular formula is C30H40ClN3O4S. The van der Waals surface area contributed by atoms with Crippen LogP contribution in [0.4, 0.5) is 0 Å². The molecule has 3 N–H and O–H groups in total. The molecule has 0 spiro atoms. The Labute approximate surface area is 237 Å². The van der Waals surface area contributed by atoms with E-state index < -0.39 is 16.1 Å². The summed E-state index contributed by atoms with van der Waals surface area (Å²) in [6.45, 7) is 2.59. The number of aryl methyl sites for hydroxylation is 1. The molecule has 0 aromatic heterocycles. The molecule has 3 aliphatic rings. The van der Waals surface area contributed by atoms with Crippen molar-refractivity contribution in [1.29, 1.82) is 0 Å². The van der Waals surface area contributed by atoms with Crippen LogP contribution in [0.25, 0.3) is 0 Å². The Morgan fingerprint density at radius 2 is 1.79 bits per heavy atom. The molecule has 0 radical (unpaired) electrons. The van der Waals surface area contributed by atoms with E-state index in [1.807, 2.05) is 42.5 Å². The Bertz CT molecular complexity index is 1230. The fourth-order valence-electron chi connectivity index (χ4n) is 6.58. The number of hydrogen-bond acceptors (Lipinski definition) is 6. The number of Topliss-reactive ketones (excluding diaryl/α,β-unsaturated/α-hetero) is 1. The molecule has 5 atom stereocenters. The number of ketones is 1. The number of fused-ring (bicyclic) bond motifs is 2. The van der Waals surface area contributed by atoms with Gasteiger partial charge in [0.25, 0.3) is 0 Å². The molecule has 3 fully saturated rings. The number of halogens is 1. The summed E-state index contributed by atoms with van der Waals surface area (Å²) in [5, 5.41) is 4.21. The lowest BCUT2D eigenvalue weighted by Gasteiger charge is -2.37. The van der Waals surface area contributed by atoms with Gasteiger partial charge in [-0.15, -0.1) is 0 Å². The molecule has 0 aliphatic carbocycles. The second kappa shape index (κ2) is 12.8. The molecular weight excluding hydrogens is 534 g/mol. The first-order valence-electron chi connectivity index (χ1n) is 14.2. The first kappa shape index (κ1) is 28.7. The molecule has 1 unspecified atom stereocenters. The summed E-state index contributed by atoms with van der Waals surface area (Å²) in [6, 6.07) is 15.2. The lowest BCUT2D eigenvalue weighted by atomic mass is 9.75. The Kier molecular flexibility index (Phi) is 9.42. The van der Waals surface area contributed by atoms with Gasteiger partial charge in [0.05, 0.1) is 11.8 Å². The summed E-state index contributed by atoms with van der Waals surface area (Å²) < 4.78 is 33.1. The van der Waals surface area contributed by atoms with Gasteiger partial charge in [0.1, 0.15) is 0 Å². The third-order valence-electron chi connectivity index (χ3n) is 8.78. The molecule has 3 aliphatic heterocycles. The van der Waals surface area contributed by atoms with Crippen molar-refractivity contribution in [3.63, 3.8) is 0 Å². The van der Waals surface area contributed by atoms with Gasteiger partial charge in [0.2, 0.25) is 10.0 Å². The molecule has 2 aromatic carbocycles. The van der Waals surface area contributed by atoms with Crippen LogP contribution in [0.2, 0.25) is 5.02 Å². The molecule has 9 heteroatoms. The van der Waals surface area contributed by atoms with Gasteiger partial charge in [-0.25, -0.2) is 8.42 Å². The van der Waals surface area contributed by atoms with Crippen LogP contribution < -0.4 is 11.1 Å². The Morgan fingerprint density at radius 1 is 1.08 bits per heavy atom. The second-order valence-corrected chi connectivity index (χ2v) is 13.8. The molecule has 39 heavy (non-hydrogen) atoms. The summed E-state index contributed by atoms with van der Waals surface area (Å²) >= 11 is 6.15. The number of carbonyl (C=O) groups excluding carboxylic acids is 1. The van der Waals surface area contributed by atoms with Crippen LogP contribution in [-0.2, 0) is 32.4 Å². The molecule has 212 valence electrons. The summed E-state index contributed by atoms with van der Waals surface area (Å²) in [5.41, 5.74) is 9.85. The summed E-state index contributed by atoms with van der Waals surface area (Å²) in [6.07, 6.45) is 5.05. The first-order chi connectivity index (χ1) is 18.8. The van der Waals surface area contributed by atoms with Gasteiger partial charge in [0.15, 0.2) is 5.78 Å². The van der Waals surface area contributed by atoms with Crippen molar-refractivity contribution in [2.75, 3.05) is 32.1 Å². The number of benzene rings is 2. The molecule has 7 nitrogen and oxygen atoms in total. The van der Waals surface area contributed by atoms with E-state index in [1.165, 1.54) is 0 Å². The van der Waals surface area contributed by atoms with E-state index in [4.69, 9.17) is 22.1 Å². The largest absolute Gasteiger partial charge is 0.381 e. The lowest BCUT2D eigenvalue weighted by Crippen LogP contribution is -2.57. The van der Waals surface area contributed by atoms with E-state index in [0.717, 1.165) is 36.0 Å². The van der Waals surface area contributed by atoms with Crippen molar-refractivity contribution in [3.8, 4) is 0 Å². The normalized spacial score (nSPS) is 26.9. The molecule has 2 bridgehead atoms. The molecule has 0 amide bonds. The first-order valence-corrected chi connectivity index (χ1v) is 16.2. The lowest BCUT2D eigenvalue weighted by molar-refractivity contribution is -0.120. The van der Waals surface area contributed by atoms with Crippen LogP contribution >= 0.6 is 11.6 Å². The minimum Gasteiger partial charge on any atom is -0.381 e. The summed E-state index contributed by atoms with van der Waals surface area (Å²) in [7, 11) is -3.23. The van der Waals surface area contributed by atoms with Gasteiger partial charge in [-0.1, -0.05) is 48.0 Å². The van der Waals surface area contributed by atoms with Crippen molar-refractivity contribution in [3.05, 3.63) is 70.2 Å². The van der Waals surface area contributed by atoms with E-state index in [-0.39, 0.29) is 41.9 Å². The predicted molar refractivity (Wildman–Crippen MR) is 154 cm³/mol. The minimum absolute atomic E-state index is 0.0196. The highest BCUT2D eigenvalue weighted by molar-refractivity contribution is 7.89. The number of rotatable bonds is 9. The average molecular weight is 574 g/mol. The highest BCUT2D eigenvalue weighted by Gasteiger charge is 2.38. The fourth-order valence-corrected chi connectivity index (χ4v) is 8.51. The number of carbonyl (C=O) groups is 1. The monoisotopic (exact) mass is 573 g/mol. The van der Waals surface area contributed by atoms with E-state index >= 15 is 0 Å². The van der Waals surface area contributed by atoms with Crippen LogP contribution in [0.1, 0.15) is 54.7 Å². The maximum Gasteiger partial charge on any atom is 0.214 e. The van der Waals surface area contributed by atoms with E-state index in [1.54, 1.807) is 4.31 Å². The van der Waals surface area contributed by atoms with Crippen molar-refractivity contribution in [1.82, 2.24) is 9.62 Å². The fraction of sp³-hybridized carbons (Fsp3) is 0.567. The Hall–Kier alpha value is -1.81. The number of nitrogens with zero attached hydrogens (tertiary/aromatic N) is 1. The van der Waals surface area contributed by atoms with Crippen molar-refractivity contribution in [2.24, 2.45) is 11.7 Å². The molecule has 2 aromatic rings. The summed E-state index contributed by atoms with van der Waals surface area (Å²) in [4.78, 5) is 13.7. The molecule has 3 saturated heterocycles. The maximum absolute atomic E-state index is 13.7. The number of piperazine rings is 1. The van der Waals surface area contributed by atoms with Gasteiger partial charge >= 0.3 is 0 Å². The van der Waals surface area contributed by atoms with Crippen molar-refractivity contribution < 1.29 is 17.9 Å². The highest BCUT2D eigenvalue weighted by atomic mass is 35.5. The van der Waals surface area contributed by atoms with Crippen LogP contribution in [-0.4, -0.2) is 68.7 Å². The Balaban J connectivity index is 1.29. The zero-order valence-electron chi connectivity index (χ0n) is 22.4. The highest BCUT2D eigenvalue weighted by Crippen LogP contribution is 2.35. The van der Waals surface area contributed by atoms with Crippen LogP contribution in [0.5, 0.6) is 0 Å². The SMILES string of the molecule is N[C@H](C(=O)Cc1ccccc1CC[C@H]1CN[C@@H]2CCCS(=O)(=O)N1C2)[C@@H](c1ccc(Cl)cc1)C1CCOCC1. The second-order valence-electron chi connectivity index (χ2n) is 11.3. The molecule has 5 rings (SSSR count). The van der Waals surface area contributed by atoms with Crippen LogP contribution in [0.15, 0.2) is 48.5 Å². The van der Waals surface area contributed by atoms with E-state index in [0.29, 0.717) is 50.6 Å². The molecule has 3 heterocycles. The van der Waals surface area contributed by atoms with Gasteiger partial charge in [0, 0.05) is 55.7 Å². The predicted octanol–water partition coefficient (Wildman–Crippen LogP) is 3.69. The van der Waals surface area contributed by atoms with E-state index in [2.05, 4.69) is 11.4 Å². The average Bonchev–Trinajstić information content (AvgIpc) is 3.06. The standard InChI is InChI=1S/C30H40ClN3O4S/c31-25-10-7-22(8-11-25)29(23-13-15-38-16-14-23)30(32)28(35)18-24-5-2-1-4-21(24)9-12-27-19-33-26-6-3-17-39(36,37)34(27)20-26/h1-2,4-5,7-8,10-11,23,26-27,29-30,33H,3,6,9,12-20,32H2/t26-,27+,29+,30-/m1/s1. The number of ether oxygens (including phenoxy) is 1. The van der Waals surface area contributed by atoms with Crippen molar-refractivity contribution in [2.45, 2.75) is 69.0 Å². The number of hydrogen-bond donors (Lipinski definition) is 2. The zero-order valence-corrected chi connectivity index (χ0v) is 24.0. The summed E-state index contributed by atoms with van der Waals surface area (Å²) in [5.74, 6) is 0.422. The van der Waals surface area contributed by atoms with E-state index in [9.17, 15) is 13.2 Å². The van der Waals surface area contributed by atoms with Gasteiger partial charge in [-0.05, 0) is 73.3 Å². The zero-order chi connectivity index (χ0) is 27.4. The van der Waals surface area contributed by atoms with Gasteiger partial charge < -0.3 is 15.8 Å². The van der Waals surface area contributed by atoms with Crippen LogP contribution in [0.3, 0.4) is 0 Å². The van der Waals surface area contributed by atoms with Crippen molar-refractivity contribution >= 4 is 27.4 Å². The third kappa shape index (κ3) is 6.92. The number of nitrogens with one attached hydrogen (secondary N) is 1. The van der Waals surface area contributed by atoms with Gasteiger partial charge in [-0.3, -0.25) is 4.79 Å². The number of nitrogens with two attached hydrogens (primary N) is 1. The smallest absolute Gasteiger partial charge is 0.214 e. The Morgan fingerprint density at radius 3 is 2.54 bits per heavy atom. The quantitative estimate of drug-likeness (QED) is 0.474. The third-order valence-corrected chi connectivity index (χ3v) is 11.0. The molecule has 0 saturated carbocycles. The van der Waals surface area contributed by atoms with Crippen LogP contribution in [0, 0.1) is 5.92 Å². The maximum atomic E-state index is 13.7. The topological polar surface area (TPSA) is 102 Å². The van der Waals surface area contributed by atoms with Gasteiger partial charge in [-0.2, -0.15) is 4.31 Å². The number of sulfonamides is 1. The minimum atomic E-state index is -3.23.